The highest BCUT2D eigenvalue weighted by Crippen LogP contribution is 2.38. The van der Waals surface area contributed by atoms with Crippen molar-refractivity contribution in [2.24, 2.45) is 0 Å². The van der Waals surface area contributed by atoms with Gasteiger partial charge in [0, 0.05) is 11.5 Å². The highest BCUT2D eigenvalue weighted by molar-refractivity contribution is 9.08. The largest absolute Gasteiger partial charge is 0.533 e. The Morgan fingerprint density at radius 3 is 1.85 bits per heavy atom. The summed E-state index contributed by atoms with van der Waals surface area (Å²) in [7, 11) is -2.60. The van der Waals surface area contributed by atoms with Crippen LogP contribution >= 0.6 is 15.9 Å². The van der Waals surface area contributed by atoms with Crippen LogP contribution in [0.1, 0.15) is 26.5 Å². The molecule has 3 rings (SSSR count). The Hall–Kier alpha value is -1.91. The maximum absolute atomic E-state index is 7.01. The molecule has 0 saturated heterocycles. The average Bonchev–Trinajstić information content (AvgIpc) is 2.67. The number of pyridine rings is 1. The third-order valence-electron chi connectivity index (χ3n) is 4.65. The summed E-state index contributed by atoms with van der Waals surface area (Å²) in [4.78, 5) is 4.50. The second kappa shape index (κ2) is 7.76. The van der Waals surface area contributed by atoms with Gasteiger partial charge in [0.15, 0.2) is 0 Å². The zero-order valence-corrected chi connectivity index (χ0v) is 18.0. The fourth-order valence-electron chi connectivity index (χ4n) is 3.43. The molecule has 1 aromatic heterocycles. The Labute approximate surface area is 165 Å². The molecule has 0 aliphatic carbocycles. The Bertz CT molecular complexity index is 807. The van der Waals surface area contributed by atoms with Crippen molar-refractivity contribution in [3.63, 3.8) is 0 Å². The second-order valence-electron chi connectivity index (χ2n) is 7.35. The smallest absolute Gasteiger partial charge is 0.320 e. The Morgan fingerprint density at radius 2 is 1.38 bits per heavy atom. The van der Waals surface area contributed by atoms with E-state index < -0.39 is 8.32 Å². The average molecular weight is 426 g/mol. The summed E-state index contributed by atoms with van der Waals surface area (Å²) >= 11 is 3.55. The molecule has 0 aliphatic heterocycles. The summed E-state index contributed by atoms with van der Waals surface area (Å²) in [5.74, 6) is 0.860. The van der Waals surface area contributed by atoms with Crippen molar-refractivity contribution < 1.29 is 4.43 Å². The number of alkyl halides is 1. The van der Waals surface area contributed by atoms with E-state index in [0.29, 0.717) is 5.33 Å². The van der Waals surface area contributed by atoms with E-state index in [9.17, 15) is 0 Å². The lowest BCUT2D eigenvalue weighted by Gasteiger charge is -2.43. The first-order valence-electron chi connectivity index (χ1n) is 8.79. The van der Waals surface area contributed by atoms with E-state index >= 15 is 0 Å². The van der Waals surface area contributed by atoms with E-state index in [1.165, 1.54) is 10.4 Å². The van der Waals surface area contributed by atoms with Gasteiger partial charge in [0.2, 0.25) is 0 Å². The van der Waals surface area contributed by atoms with Crippen LogP contribution in [-0.4, -0.2) is 13.3 Å². The van der Waals surface area contributed by atoms with E-state index in [1.54, 1.807) is 0 Å². The molecule has 0 aliphatic rings. The molecule has 3 aromatic rings. The minimum absolute atomic E-state index is 0.0604. The lowest BCUT2D eigenvalue weighted by atomic mass is 10.2. The first-order valence-corrected chi connectivity index (χ1v) is 11.8. The lowest BCUT2D eigenvalue weighted by molar-refractivity contribution is 0.502. The molecule has 1 heterocycles. The molecule has 2 nitrogen and oxygen atoms in total. The van der Waals surface area contributed by atoms with Gasteiger partial charge in [0.1, 0.15) is 5.75 Å². The summed E-state index contributed by atoms with van der Waals surface area (Å²) < 4.78 is 7.01. The topological polar surface area (TPSA) is 22.1 Å². The predicted molar refractivity (Wildman–Crippen MR) is 115 cm³/mol. The fraction of sp³-hybridized carbons (Fsp3) is 0.227. The summed E-state index contributed by atoms with van der Waals surface area (Å²) in [5, 5.41) is 3.14. The molecule has 26 heavy (non-hydrogen) atoms. The molecule has 0 bridgehead atoms. The third kappa shape index (κ3) is 3.48. The standard InChI is InChI=1S/C22H24BrNOSi/c1-22(2,3)26(18-11-6-4-7-12-18,19-13-8-5-9-14-19)25-21-15-10-16-24-20(21)17-23/h4-16H,17H2,1-3H3. The van der Waals surface area contributed by atoms with Gasteiger partial charge in [-0.3, -0.25) is 4.98 Å². The maximum Gasteiger partial charge on any atom is 0.320 e. The first kappa shape index (κ1) is 18.9. The van der Waals surface area contributed by atoms with Crippen LogP contribution in [0.5, 0.6) is 5.75 Å². The van der Waals surface area contributed by atoms with Crippen LogP contribution in [0.4, 0.5) is 0 Å². The zero-order chi connectivity index (χ0) is 18.6. The molecule has 0 amide bonds. The number of aromatic nitrogens is 1. The van der Waals surface area contributed by atoms with E-state index in [-0.39, 0.29) is 5.04 Å². The summed E-state index contributed by atoms with van der Waals surface area (Å²) in [6.45, 7) is 6.84. The van der Waals surface area contributed by atoms with Crippen molar-refractivity contribution in [3.8, 4) is 5.75 Å². The van der Waals surface area contributed by atoms with Crippen molar-refractivity contribution in [3.05, 3.63) is 84.7 Å². The zero-order valence-electron chi connectivity index (χ0n) is 15.4. The Balaban J connectivity index is 2.28. The van der Waals surface area contributed by atoms with Crippen LogP contribution in [0.15, 0.2) is 79.0 Å². The van der Waals surface area contributed by atoms with Gasteiger partial charge in [-0.2, -0.15) is 0 Å². The monoisotopic (exact) mass is 425 g/mol. The molecule has 0 atom stereocenters. The molecule has 0 radical (unpaired) electrons. The van der Waals surface area contributed by atoms with Gasteiger partial charge < -0.3 is 4.43 Å². The van der Waals surface area contributed by atoms with Crippen molar-refractivity contribution in [1.82, 2.24) is 4.98 Å². The van der Waals surface area contributed by atoms with E-state index in [4.69, 9.17) is 4.43 Å². The Kier molecular flexibility index (Phi) is 5.63. The van der Waals surface area contributed by atoms with Gasteiger partial charge in [-0.15, -0.1) is 0 Å². The number of hydrogen-bond donors (Lipinski definition) is 0. The fourth-order valence-corrected chi connectivity index (χ4v) is 8.30. The number of hydrogen-bond acceptors (Lipinski definition) is 2. The van der Waals surface area contributed by atoms with Gasteiger partial charge in [-0.05, 0) is 27.5 Å². The molecule has 0 N–H and O–H groups in total. The van der Waals surface area contributed by atoms with Gasteiger partial charge in [-0.25, -0.2) is 0 Å². The number of rotatable bonds is 5. The van der Waals surface area contributed by atoms with E-state index in [1.807, 2.05) is 18.3 Å². The van der Waals surface area contributed by atoms with Crippen LogP contribution in [0.2, 0.25) is 5.04 Å². The predicted octanol–water partition coefficient (Wildman–Crippen LogP) is 4.92. The SMILES string of the molecule is CC(C)(C)[Si](Oc1cccnc1CBr)(c1ccccc1)c1ccccc1. The minimum Gasteiger partial charge on any atom is -0.533 e. The summed E-state index contributed by atoms with van der Waals surface area (Å²) in [6.07, 6.45) is 1.81. The molecule has 2 aromatic carbocycles. The molecule has 0 saturated carbocycles. The van der Waals surface area contributed by atoms with Gasteiger partial charge in [0.05, 0.1) is 5.69 Å². The highest BCUT2D eigenvalue weighted by Gasteiger charge is 2.52. The van der Waals surface area contributed by atoms with Crippen LogP contribution in [0, 0.1) is 0 Å². The van der Waals surface area contributed by atoms with Crippen molar-refractivity contribution in [2.45, 2.75) is 31.1 Å². The van der Waals surface area contributed by atoms with Crippen LogP contribution in [0.3, 0.4) is 0 Å². The molecular formula is C22H24BrNOSi. The van der Waals surface area contributed by atoms with Crippen molar-refractivity contribution in [2.75, 3.05) is 0 Å². The van der Waals surface area contributed by atoms with E-state index in [0.717, 1.165) is 11.4 Å². The minimum atomic E-state index is -2.60. The Morgan fingerprint density at radius 1 is 0.846 bits per heavy atom. The van der Waals surface area contributed by atoms with Crippen LogP contribution < -0.4 is 14.8 Å². The van der Waals surface area contributed by atoms with Crippen LogP contribution in [0.25, 0.3) is 0 Å². The number of halogens is 1. The second-order valence-corrected chi connectivity index (χ2v) is 12.1. The number of nitrogens with zero attached hydrogens (tertiary/aromatic N) is 1. The summed E-state index contributed by atoms with van der Waals surface area (Å²) in [5.41, 5.74) is 0.931. The quantitative estimate of drug-likeness (QED) is 0.427. The number of benzene rings is 2. The molecule has 0 unspecified atom stereocenters. The van der Waals surface area contributed by atoms with Gasteiger partial charge >= 0.3 is 8.32 Å². The van der Waals surface area contributed by atoms with Crippen molar-refractivity contribution >= 4 is 34.6 Å². The van der Waals surface area contributed by atoms with Crippen molar-refractivity contribution in [1.29, 1.82) is 0 Å². The van der Waals surface area contributed by atoms with Gasteiger partial charge in [0.25, 0.3) is 0 Å². The molecule has 134 valence electrons. The lowest BCUT2D eigenvalue weighted by Crippen LogP contribution is -2.68. The highest BCUT2D eigenvalue weighted by atomic mass is 79.9. The van der Waals surface area contributed by atoms with E-state index in [2.05, 4.69) is 102 Å². The normalized spacial score (nSPS) is 12.0. The van der Waals surface area contributed by atoms with Crippen LogP contribution in [-0.2, 0) is 5.33 Å². The molecule has 4 heteroatoms. The van der Waals surface area contributed by atoms with Gasteiger partial charge in [-0.1, -0.05) is 97.4 Å². The third-order valence-corrected chi connectivity index (χ3v) is 10.1. The summed E-state index contributed by atoms with van der Waals surface area (Å²) in [6, 6.07) is 25.3. The first-order chi connectivity index (χ1) is 12.5. The maximum atomic E-state index is 7.01. The molecule has 0 fully saturated rings. The molecular weight excluding hydrogens is 402 g/mol. The molecule has 0 spiro atoms.